The summed E-state index contributed by atoms with van der Waals surface area (Å²) >= 11 is 0. The molecule has 6 nitrogen and oxygen atoms in total. The van der Waals surface area contributed by atoms with Crippen LogP contribution in [0.15, 0.2) is 28.7 Å². The highest BCUT2D eigenvalue weighted by Gasteiger charge is 2.19. The summed E-state index contributed by atoms with van der Waals surface area (Å²) in [5.41, 5.74) is 3.07. The molecule has 23 heavy (non-hydrogen) atoms. The molecule has 118 valence electrons. The fraction of sp³-hybridized carbons (Fsp3) is 0.294. The van der Waals surface area contributed by atoms with Gasteiger partial charge in [-0.15, -0.1) is 10.2 Å². The van der Waals surface area contributed by atoms with E-state index in [9.17, 15) is 4.79 Å². The number of pyridine rings is 1. The van der Waals surface area contributed by atoms with Gasteiger partial charge in [0.1, 0.15) is 0 Å². The molecule has 2 heterocycles. The van der Waals surface area contributed by atoms with Crippen molar-refractivity contribution in [2.75, 3.05) is 0 Å². The van der Waals surface area contributed by atoms with Gasteiger partial charge in [0.2, 0.25) is 5.89 Å². The second-order valence-corrected chi connectivity index (χ2v) is 5.22. The molecule has 1 aromatic carbocycles. The molecule has 0 unspecified atom stereocenters. The van der Waals surface area contributed by atoms with Crippen molar-refractivity contribution < 1.29 is 13.9 Å². The Balaban J connectivity index is 1.97. The van der Waals surface area contributed by atoms with E-state index in [0.29, 0.717) is 11.5 Å². The SMILES string of the molecule is CCc1nc2ccccc2c(C(=O)OCc2nnc(C)o2)c1C. The van der Waals surface area contributed by atoms with Crippen LogP contribution in [-0.2, 0) is 17.8 Å². The fourth-order valence-corrected chi connectivity index (χ4v) is 2.56. The summed E-state index contributed by atoms with van der Waals surface area (Å²) < 4.78 is 10.6. The zero-order chi connectivity index (χ0) is 16.4. The van der Waals surface area contributed by atoms with E-state index in [1.165, 1.54) is 0 Å². The molecule has 0 aliphatic heterocycles. The normalized spacial score (nSPS) is 10.9. The number of aryl methyl sites for hydroxylation is 2. The first-order valence-electron chi connectivity index (χ1n) is 7.44. The third-order valence-electron chi connectivity index (χ3n) is 3.67. The predicted octanol–water partition coefficient (Wildman–Crippen LogP) is 3.15. The lowest BCUT2D eigenvalue weighted by Crippen LogP contribution is -2.11. The predicted molar refractivity (Wildman–Crippen MR) is 84.0 cm³/mol. The van der Waals surface area contributed by atoms with E-state index in [1.54, 1.807) is 6.92 Å². The van der Waals surface area contributed by atoms with Crippen molar-refractivity contribution >= 4 is 16.9 Å². The largest absolute Gasteiger partial charge is 0.452 e. The number of aromatic nitrogens is 3. The first-order valence-corrected chi connectivity index (χ1v) is 7.44. The van der Waals surface area contributed by atoms with E-state index >= 15 is 0 Å². The molecule has 0 atom stereocenters. The Labute approximate surface area is 133 Å². The molecule has 0 spiro atoms. The van der Waals surface area contributed by atoms with Crippen LogP contribution in [0.3, 0.4) is 0 Å². The number of nitrogens with zero attached hydrogens (tertiary/aromatic N) is 3. The van der Waals surface area contributed by atoms with Crippen molar-refractivity contribution in [3.05, 3.63) is 52.9 Å². The number of fused-ring (bicyclic) bond motifs is 1. The van der Waals surface area contributed by atoms with Gasteiger partial charge in [-0.3, -0.25) is 4.98 Å². The van der Waals surface area contributed by atoms with Crippen molar-refractivity contribution in [1.82, 2.24) is 15.2 Å². The zero-order valence-electron chi connectivity index (χ0n) is 13.3. The lowest BCUT2D eigenvalue weighted by Gasteiger charge is -2.12. The minimum Gasteiger partial charge on any atom is -0.452 e. The van der Waals surface area contributed by atoms with Crippen LogP contribution in [0.4, 0.5) is 0 Å². The molecule has 2 aromatic heterocycles. The standard InChI is InChI=1S/C17H17N3O3/c1-4-13-10(2)16(12-7-5-6-8-14(12)18-13)17(21)22-9-15-20-19-11(3)23-15/h5-8H,4,9H2,1-3H3. The summed E-state index contributed by atoms with van der Waals surface area (Å²) in [6.45, 7) is 5.55. The topological polar surface area (TPSA) is 78.1 Å². The number of hydrogen-bond acceptors (Lipinski definition) is 6. The Bertz CT molecular complexity index is 871. The van der Waals surface area contributed by atoms with Crippen LogP contribution < -0.4 is 0 Å². The van der Waals surface area contributed by atoms with Crippen LogP contribution >= 0.6 is 0 Å². The number of para-hydroxylation sites is 1. The minimum absolute atomic E-state index is 0.0444. The maximum atomic E-state index is 12.6. The van der Waals surface area contributed by atoms with Crippen LogP contribution in [0, 0.1) is 13.8 Å². The second-order valence-electron chi connectivity index (χ2n) is 5.22. The molecule has 0 aliphatic rings. The van der Waals surface area contributed by atoms with E-state index in [4.69, 9.17) is 9.15 Å². The average Bonchev–Trinajstić information content (AvgIpc) is 2.97. The molecule has 0 N–H and O–H groups in total. The number of esters is 1. The summed E-state index contributed by atoms with van der Waals surface area (Å²) in [5.74, 6) is 0.309. The third-order valence-corrected chi connectivity index (χ3v) is 3.67. The number of benzene rings is 1. The number of hydrogen-bond donors (Lipinski definition) is 0. The molecule has 0 bridgehead atoms. The molecule has 6 heteroatoms. The van der Waals surface area contributed by atoms with Gasteiger partial charge in [-0.1, -0.05) is 25.1 Å². The fourth-order valence-electron chi connectivity index (χ4n) is 2.56. The molecule has 0 saturated carbocycles. The van der Waals surface area contributed by atoms with Crippen LogP contribution in [0.2, 0.25) is 0 Å². The van der Waals surface area contributed by atoms with Crippen molar-refractivity contribution in [1.29, 1.82) is 0 Å². The van der Waals surface area contributed by atoms with E-state index in [2.05, 4.69) is 15.2 Å². The van der Waals surface area contributed by atoms with Crippen LogP contribution in [-0.4, -0.2) is 21.2 Å². The smallest absolute Gasteiger partial charge is 0.339 e. The summed E-state index contributed by atoms with van der Waals surface area (Å²) in [6, 6.07) is 7.56. The zero-order valence-corrected chi connectivity index (χ0v) is 13.3. The summed E-state index contributed by atoms with van der Waals surface area (Å²) in [7, 11) is 0. The maximum Gasteiger partial charge on any atom is 0.339 e. The van der Waals surface area contributed by atoms with Gasteiger partial charge in [-0.05, 0) is 25.0 Å². The average molecular weight is 311 g/mol. The van der Waals surface area contributed by atoms with Crippen LogP contribution in [0.1, 0.15) is 40.3 Å². The highest BCUT2D eigenvalue weighted by Crippen LogP contribution is 2.24. The Kier molecular flexibility index (Phi) is 4.06. The Morgan fingerprint density at radius 1 is 1.22 bits per heavy atom. The molecule has 0 amide bonds. The van der Waals surface area contributed by atoms with E-state index in [1.807, 2.05) is 38.1 Å². The molecular weight excluding hydrogens is 294 g/mol. The minimum atomic E-state index is -0.411. The summed E-state index contributed by atoms with van der Waals surface area (Å²) in [5, 5.41) is 8.32. The Morgan fingerprint density at radius 3 is 2.70 bits per heavy atom. The lowest BCUT2D eigenvalue weighted by atomic mass is 10.0. The van der Waals surface area contributed by atoms with E-state index in [0.717, 1.165) is 28.6 Å². The molecule has 3 rings (SSSR count). The highest BCUT2D eigenvalue weighted by molar-refractivity contribution is 6.04. The van der Waals surface area contributed by atoms with Crippen molar-refractivity contribution in [3.63, 3.8) is 0 Å². The lowest BCUT2D eigenvalue weighted by molar-refractivity contribution is 0.0438. The third kappa shape index (κ3) is 2.92. The molecule has 0 fully saturated rings. The molecular formula is C17H17N3O3. The Morgan fingerprint density at radius 2 is 2.00 bits per heavy atom. The molecule has 0 aliphatic carbocycles. The van der Waals surface area contributed by atoms with Crippen molar-refractivity contribution in [3.8, 4) is 0 Å². The Hall–Kier alpha value is -2.76. The molecule has 0 saturated heterocycles. The van der Waals surface area contributed by atoms with Crippen LogP contribution in [0.5, 0.6) is 0 Å². The van der Waals surface area contributed by atoms with Crippen molar-refractivity contribution in [2.24, 2.45) is 0 Å². The van der Waals surface area contributed by atoms with Gasteiger partial charge in [0, 0.05) is 18.0 Å². The van der Waals surface area contributed by atoms with Crippen molar-refractivity contribution in [2.45, 2.75) is 33.8 Å². The van der Waals surface area contributed by atoms with Gasteiger partial charge in [-0.25, -0.2) is 4.79 Å². The number of carbonyl (C=O) groups excluding carboxylic acids is 1. The van der Waals surface area contributed by atoms with Gasteiger partial charge in [0.25, 0.3) is 5.89 Å². The second kappa shape index (κ2) is 6.16. The van der Waals surface area contributed by atoms with Gasteiger partial charge in [-0.2, -0.15) is 0 Å². The van der Waals surface area contributed by atoms with Gasteiger partial charge in [0.05, 0.1) is 11.1 Å². The summed E-state index contributed by atoms with van der Waals surface area (Å²) in [6.07, 6.45) is 0.750. The van der Waals surface area contributed by atoms with Gasteiger partial charge >= 0.3 is 5.97 Å². The van der Waals surface area contributed by atoms with E-state index in [-0.39, 0.29) is 12.5 Å². The van der Waals surface area contributed by atoms with Crippen LogP contribution in [0.25, 0.3) is 10.9 Å². The first kappa shape index (κ1) is 15.1. The quantitative estimate of drug-likeness (QED) is 0.689. The van der Waals surface area contributed by atoms with E-state index < -0.39 is 5.97 Å². The number of carbonyl (C=O) groups is 1. The molecule has 3 aromatic rings. The highest BCUT2D eigenvalue weighted by atomic mass is 16.5. The summed E-state index contributed by atoms with van der Waals surface area (Å²) in [4.78, 5) is 17.2. The number of rotatable bonds is 4. The maximum absolute atomic E-state index is 12.6. The van der Waals surface area contributed by atoms with Gasteiger partial charge < -0.3 is 9.15 Å². The monoisotopic (exact) mass is 311 g/mol. The van der Waals surface area contributed by atoms with Gasteiger partial charge in [0.15, 0.2) is 6.61 Å². The number of ether oxygens (including phenoxy) is 1. The molecule has 0 radical (unpaired) electrons. The first-order chi connectivity index (χ1) is 11.1.